The van der Waals surface area contributed by atoms with E-state index in [1.165, 1.54) is 64.2 Å². The normalized spacial score (nSPS) is 24.0. The van der Waals surface area contributed by atoms with Gasteiger partial charge in [0.1, 0.15) is 0 Å². The van der Waals surface area contributed by atoms with Gasteiger partial charge in [-0.15, -0.1) is 0 Å². The highest BCUT2D eigenvalue weighted by Gasteiger charge is 2.52. The molecule has 0 radical (unpaired) electrons. The average molecular weight is 285 g/mol. The molecule has 0 bridgehead atoms. The van der Waals surface area contributed by atoms with E-state index in [1.807, 2.05) is 7.11 Å². The van der Waals surface area contributed by atoms with Crippen LogP contribution in [-0.2, 0) is 8.85 Å². The van der Waals surface area contributed by atoms with E-state index in [4.69, 9.17) is 8.85 Å². The van der Waals surface area contributed by atoms with E-state index in [0.29, 0.717) is 6.10 Å². The summed E-state index contributed by atoms with van der Waals surface area (Å²) in [5.74, 6) is 0. The molecular formula is C16H32O2Si. The molecule has 0 atom stereocenters. The lowest BCUT2D eigenvalue weighted by atomic mass is 9.99. The van der Waals surface area contributed by atoms with Gasteiger partial charge >= 0.3 is 8.56 Å². The zero-order valence-corrected chi connectivity index (χ0v) is 14.1. The molecule has 3 heteroatoms. The quantitative estimate of drug-likeness (QED) is 0.648. The van der Waals surface area contributed by atoms with E-state index in [-0.39, 0.29) is 0 Å². The molecule has 2 fully saturated rings. The summed E-state index contributed by atoms with van der Waals surface area (Å²) < 4.78 is 12.8. The Morgan fingerprint density at radius 3 is 1.53 bits per heavy atom. The van der Waals surface area contributed by atoms with Gasteiger partial charge < -0.3 is 8.85 Å². The van der Waals surface area contributed by atoms with E-state index in [1.54, 1.807) is 0 Å². The van der Waals surface area contributed by atoms with Crippen molar-refractivity contribution in [3.05, 3.63) is 0 Å². The molecule has 19 heavy (non-hydrogen) atoms. The molecule has 0 aromatic carbocycles. The van der Waals surface area contributed by atoms with E-state index in [9.17, 15) is 0 Å². The van der Waals surface area contributed by atoms with Crippen LogP contribution in [0.5, 0.6) is 0 Å². The zero-order valence-electron chi connectivity index (χ0n) is 13.1. The lowest BCUT2D eigenvalue weighted by Gasteiger charge is -2.45. The molecule has 0 unspecified atom stereocenters. The first-order valence-corrected chi connectivity index (χ1v) is 10.4. The van der Waals surface area contributed by atoms with Crippen molar-refractivity contribution in [1.82, 2.24) is 0 Å². The minimum absolute atomic E-state index is 0.315. The molecule has 0 aliphatic heterocycles. The molecule has 2 aliphatic rings. The van der Waals surface area contributed by atoms with Crippen LogP contribution in [0.1, 0.15) is 78.1 Å². The minimum Gasteiger partial charge on any atom is -0.397 e. The Balaban J connectivity index is 2.17. The van der Waals surface area contributed by atoms with E-state index in [2.05, 4.69) is 13.8 Å². The first-order chi connectivity index (χ1) is 9.19. The largest absolute Gasteiger partial charge is 0.397 e. The van der Waals surface area contributed by atoms with Crippen LogP contribution >= 0.6 is 0 Å². The third-order valence-electron chi connectivity index (χ3n) is 5.09. The van der Waals surface area contributed by atoms with Crippen molar-refractivity contribution in [2.75, 3.05) is 7.11 Å². The highest BCUT2D eigenvalue weighted by Crippen LogP contribution is 2.49. The SMILES string of the molecule is CO[Si](OC(C)C)(C1CCCCC1)C1CCCCC1. The van der Waals surface area contributed by atoms with Crippen LogP contribution in [0.15, 0.2) is 0 Å². The monoisotopic (exact) mass is 284 g/mol. The van der Waals surface area contributed by atoms with Crippen molar-refractivity contribution in [3.8, 4) is 0 Å². The van der Waals surface area contributed by atoms with Crippen LogP contribution in [0.25, 0.3) is 0 Å². The Labute approximate surface area is 120 Å². The van der Waals surface area contributed by atoms with Gasteiger partial charge in [0.25, 0.3) is 0 Å². The molecule has 0 spiro atoms. The molecule has 0 aromatic rings. The average Bonchev–Trinajstić information content (AvgIpc) is 2.46. The lowest BCUT2D eigenvalue weighted by Crippen LogP contribution is -2.53. The maximum Gasteiger partial charge on any atom is 0.344 e. The Bertz CT molecular complexity index is 237. The molecule has 0 amide bonds. The molecular weight excluding hydrogens is 252 g/mol. The highest BCUT2D eigenvalue weighted by molar-refractivity contribution is 6.70. The Morgan fingerprint density at radius 2 is 1.21 bits per heavy atom. The van der Waals surface area contributed by atoms with Crippen molar-refractivity contribution >= 4 is 8.56 Å². The maximum absolute atomic E-state index is 6.58. The summed E-state index contributed by atoms with van der Waals surface area (Å²) in [5.41, 5.74) is 1.49. The summed E-state index contributed by atoms with van der Waals surface area (Å²) in [6.45, 7) is 4.37. The van der Waals surface area contributed by atoms with Gasteiger partial charge in [-0.05, 0) is 39.5 Å². The van der Waals surface area contributed by atoms with Crippen molar-refractivity contribution in [1.29, 1.82) is 0 Å². The second-order valence-corrected chi connectivity index (χ2v) is 10.5. The Morgan fingerprint density at radius 1 is 0.789 bits per heavy atom. The minimum atomic E-state index is -2.03. The van der Waals surface area contributed by atoms with Crippen molar-refractivity contribution in [3.63, 3.8) is 0 Å². The molecule has 2 aliphatic carbocycles. The second kappa shape index (κ2) is 7.23. The second-order valence-electron chi connectivity index (χ2n) is 6.76. The summed E-state index contributed by atoms with van der Waals surface area (Å²) >= 11 is 0. The van der Waals surface area contributed by atoms with E-state index < -0.39 is 8.56 Å². The molecule has 112 valence electrons. The van der Waals surface area contributed by atoms with Crippen LogP contribution in [0, 0.1) is 0 Å². The third-order valence-corrected chi connectivity index (χ3v) is 10.00. The summed E-state index contributed by atoms with van der Waals surface area (Å²) in [7, 11) is -0.0886. The van der Waals surface area contributed by atoms with Gasteiger partial charge in [-0.1, -0.05) is 38.5 Å². The van der Waals surface area contributed by atoms with E-state index in [0.717, 1.165) is 11.1 Å². The van der Waals surface area contributed by atoms with Gasteiger partial charge in [0.15, 0.2) is 0 Å². The number of hydrogen-bond donors (Lipinski definition) is 0. The molecule has 2 nitrogen and oxygen atoms in total. The topological polar surface area (TPSA) is 18.5 Å². The third kappa shape index (κ3) is 3.62. The highest BCUT2D eigenvalue weighted by atomic mass is 28.4. The summed E-state index contributed by atoms with van der Waals surface area (Å²) in [6, 6.07) is 0. The van der Waals surface area contributed by atoms with Crippen molar-refractivity contribution in [2.24, 2.45) is 0 Å². The predicted molar refractivity (Wildman–Crippen MR) is 82.7 cm³/mol. The Kier molecular flexibility index (Phi) is 5.91. The number of rotatable bonds is 5. The smallest absolute Gasteiger partial charge is 0.344 e. The molecule has 0 saturated heterocycles. The lowest BCUT2D eigenvalue weighted by molar-refractivity contribution is 0.123. The first-order valence-electron chi connectivity index (χ1n) is 8.42. The molecule has 2 saturated carbocycles. The summed E-state index contributed by atoms with van der Waals surface area (Å²) in [5, 5.41) is 0. The molecule has 0 aromatic heterocycles. The van der Waals surface area contributed by atoms with Crippen LogP contribution in [0.2, 0.25) is 11.1 Å². The zero-order chi connectivity index (χ0) is 13.7. The van der Waals surface area contributed by atoms with Gasteiger partial charge in [0.2, 0.25) is 0 Å². The predicted octanol–water partition coefficient (Wildman–Crippen LogP) is 5.17. The van der Waals surface area contributed by atoms with Crippen molar-refractivity contribution in [2.45, 2.75) is 95.2 Å². The van der Waals surface area contributed by atoms with E-state index >= 15 is 0 Å². The van der Waals surface area contributed by atoms with Crippen molar-refractivity contribution < 1.29 is 8.85 Å². The van der Waals surface area contributed by atoms with Gasteiger partial charge in [-0.3, -0.25) is 0 Å². The molecule has 0 N–H and O–H groups in total. The standard InChI is InChI=1S/C16H32O2Si/c1-14(2)18-19(17-3,15-10-6-4-7-11-15)16-12-8-5-9-13-16/h14-16H,4-13H2,1-3H3. The van der Waals surface area contributed by atoms with Crippen LogP contribution in [0.3, 0.4) is 0 Å². The van der Waals surface area contributed by atoms with Crippen LogP contribution in [0.4, 0.5) is 0 Å². The fourth-order valence-electron chi connectivity index (χ4n) is 4.29. The van der Waals surface area contributed by atoms with Gasteiger partial charge in [-0.25, -0.2) is 0 Å². The summed E-state index contributed by atoms with van der Waals surface area (Å²) in [6.07, 6.45) is 14.1. The fraction of sp³-hybridized carbons (Fsp3) is 1.00. The van der Waals surface area contributed by atoms with Crippen LogP contribution in [-0.4, -0.2) is 21.8 Å². The molecule has 0 heterocycles. The van der Waals surface area contributed by atoms with Gasteiger partial charge in [0, 0.05) is 24.3 Å². The van der Waals surface area contributed by atoms with Crippen LogP contribution < -0.4 is 0 Å². The van der Waals surface area contributed by atoms with Gasteiger partial charge in [-0.2, -0.15) is 0 Å². The Hall–Kier alpha value is 0.137. The first kappa shape index (κ1) is 15.5. The summed E-state index contributed by atoms with van der Waals surface area (Å²) in [4.78, 5) is 0. The maximum atomic E-state index is 6.58. The van der Waals surface area contributed by atoms with Gasteiger partial charge in [0.05, 0.1) is 0 Å². The number of hydrogen-bond acceptors (Lipinski definition) is 2. The fourth-order valence-corrected chi connectivity index (χ4v) is 9.26. The molecule has 2 rings (SSSR count).